The molecule has 0 aliphatic heterocycles. The molecule has 0 fully saturated rings. The number of carbonyl (C=O) groups is 1. The van der Waals surface area contributed by atoms with E-state index in [0.29, 0.717) is 13.0 Å². The van der Waals surface area contributed by atoms with Crippen LogP contribution in [0.4, 0.5) is 5.69 Å². The number of nitrogens with two attached hydrogens (primary N) is 1. The van der Waals surface area contributed by atoms with Crippen molar-refractivity contribution in [2.24, 2.45) is 5.73 Å². The Bertz CT molecular complexity index is 591. The van der Waals surface area contributed by atoms with Crippen molar-refractivity contribution in [2.45, 2.75) is 19.5 Å². The summed E-state index contributed by atoms with van der Waals surface area (Å²) in [4.78, 5) is 14.1. The highest BCUT2D eigenvalue weighted by Crippen LogP contribution is 2.10. The van der Waals surface area contributed by atoms with Crippen molar-refractivity contribution in [2.75, 3.05) is 18.9 Å². The Morgan fingerprint density at radius 1 is 1.00 bits per heavy atom. The highest BCUT2D eigenvalue weighted by atomic mass is 35.5. The van der Waals surface area contributed by atoms with Crippen LogP contribution < -0.4 is 11.1 Å². The normalized spacial score (nSPS) is 9.79. The number of halogens is 2. The van der Waals surface area contributed by atoms with Crippen LogP contribution in [0.2, 0.25) is 0 Å². The molecule has 24 heavy (non-hydrogen) atoms. The quantitative estimate of drug-likeness (QED) is 0.785. The van der Waals surface area contributed by atoms with Gasteiger partial charge in [0.1, 0.15) is 0 Å². The summed E-state index contributed by atoms with van der Waals surface area (Å²) in [6.07, 6.45) is 0.474. The molecule has 0 radical (unpaired) electrons. The molecule has 0 aliphatic rings. The van der Waals surface area contributed by atoms with Gasteiger partial charge in [0.05, 0.1) is 0 Å². The summed E-state index contributed by atoms with van der Waals surface area (Å²) in [5, 5.41) is 2.91. The monoisotopic (exact) mass is 369 g/mol. The van der Waals surface area contributed by atoms with E-state index in [0.717, 1.165) is 24.3 Å². The van der Waals surface area contributed by atoms with Crippen LogP contribution in [0.3, 0.4) is 0 Å². The predicted molar refractivity (Wildman–Crippen MR) is 105 cm³/mol. The minimum Gasteiger partial charge on any atom is -0.326 e. The lowest BCUT2D eigenvalue weighted by Crippen LogP contribution is -2.24. The molecular formula is C18H25Cl2N3O. The lowest BCUT2D eigenvalue weighted by Gasteiger charge is -2.16. The Morgan fingerprint density at radius 2 is 1.62 bits per heavy atom. The number of anilines is 1. The number of amides is 1. The van der Waals surface area contributed by atoms with Gasteiger partial charge in [-0.15, -0.1) is 24.8 Å². The first-order valence-electron chi connectivity index (χ1n) is 7.48. The van der Waals surface area contributed by atoms with Gasteiger partial charge in [0.15, 0.2) is 0 Å². The molecule has 0 aromatic heterocycles. The van der Waals surface area contributed by atoms with Crippen molar-refractivity contribution in [1.29, 1.82) is 0 Å². The number of benzene rings is 2. The first kappa shape index (κ1) is 22.4. The molecular weight excluding hydrogens is 345 g/mol. The predicted octanol–water partition coefficient (Wildman–Crippen LogP) is 3.45. The number of hydrogen-bond acceptors (Lipinski definition) is 3. The molecule has 0 spiro atoms. The Labute approximate surface area is 156 Å². The van der Waals surface area contributed by atoms with Gasteiger partial charge in [0.25, 0.3) is 0 Å². The highest BCUT2D eigenvalue weighted by Gasteiger charge is 2.06. The Morgan fingerprint density at radius 3 is 2.21 bits per heavy atom. The van der Waals surface area contributed by atoms with Gasteiger partial charge in [-0.3, -0.25) is 4.79 Å². The van der Waals surface area contributed by atoms with Gasteiger partial charge in [-0.25, -0.2) is 0 Å². The molecule has 1 amide bonds. The third-order valence-electron chi connectivity index (χ3n) is 3.49. The number of hydrogen-bond donors (Lipinski definition) is 2. The second-order valence-electron chi connectivity index (χ2n) is 5.42. The summed E-state index contributed by atoms with van der Waals surface area (Å²) < 4.78 is 0. The summed E-state index contributed by atoms with van der Waals surface area (Å²) in [7, 11) is 2.02. The van der Waals surface area contributed by atoms with Gasteiger partial charge in [-0.1, -0.05) is 42.5 Å². The molecule has 0 atom stereocenters. The summed E-state index contributed by atoms with van der Waals surface area (Å²) in [6.45, 7) is 2.08. The SMILES string of the molecule is CN(CCC(=O)Nc1ccc(CN)cc1)Cc1ccccc1.Cl.Cl. The third kappa shape index (κ3) is 7.79. The molecule has 0 bridgehead atoms. The second-order valence-corrected chi connectivity index (χ2v) is 5.42. The molecule has 0 saturated heterocycles. The minimum absolute atomic E-state index is 0. The van der Waals surface area contributed by atoms with Crippen molar-refractivity contribution in [3.05, 3.63) is 65.7 Å². The summed E-state index contributed by atoms with van der Waals surface area (Å²) in [5.41, 5.74) is 8.67. The maximum absolute atomic E-state index is 12.0. The number of carbonyl (C=O) groups excluding carboxylic acids is 1. The van der Waals surface area contributed by atoms with Crippen molar-refractivity contribution in [1.82, 2.24) is 4.90 Å². The first-order valence-corrected chi connectivity index (χ1v) is 7.48. The Balaban J connectivity index is 0.00000264. The fourth-order valence-electron chi connectivity index (χ4n) is 2.21. The van der Waals surface area contributed by atoms with Crippen LogP contribution in [-0.4, -0.2) is 24.4 Å². The molecule has 6 heteroatoms. The lowest BCUT2D eigenvalue weighted by molar-refractivity contribution is -0.116. The van der Waals surface area contributed by atoms with E-state index in [2.05, 4.69) is 22.3 Å². The average molecular weight is 370 g/mol. The van der Waals surface area contributed by atoms with Gasteiger partial charge in [-0.2, -0.15) is 0 Å². The Hall–Kier alpha value is -1.59. The molecule has 0 unspecified atom stereocenters. The Kier molecular flexibility index (Phi) is 11.1. The van der Waals surface area contributed by atoms with E-state index in [9.17, 15) is 4.79 Å². The van der Waals surface area contributed by atoms with Crippen LogP contribution >= 0.6 is 24.8 Å². The maximum atomic E-state index is 12.0. The molecule has 0 aliphatic carbocycles. The van der Waals surface area contributed by atoms with Crippen molar-refractivity contribution >= 4 is 36.4 Å². The number of nitrogens with zero attached hydrogens (tertiary/aromatic N) is 1. The molecule has 2 rings (SSSR count). The van der Waals surface area contributed by atoms with Crippen LogP contribution in [0, 0.1) is 0 Å². The molecule has 4 nitrogen and oxygen atoms in total. The fraction of sp³-hybridized carbons (Fsp3) is 0.278. The van der Waals surface area contributed by atoms with Crippen LogP contribution in [0.15, 0.2) is 54.6 Å². The standard InChI is InChI=1S/C18H23N3O.2ClH/c1-21(14-16-5-3-2-4-6-16)12-11-18(22)20-17-9-7-15(13-19)8-10-17;;/h2-10H,11-14,19H2,1H3,(H,20,22);2*1H. The van der Waals surface area contributed by atoms with E-state index in [4.69, 9.17) is 5.73 Å². The van der Waals surface area contributed by atoms with Gasteiger partial charge >= 0.3 is 0 Å². The second kappa shape index (κ2) is 11.9. The van der Waals surface area contributed by atoms with Gasteiger partial charge < -0.3 is 16.0 Å². The van der Waals surface area contributed by atoms with Crippen LogP contribution in [0.5, 0.6) is 0 Å². The molecule has 3 N–H and O–H groups in total. The van der Waals surface area contributed by atoms with Crippen LogP contribution in [-0.2, 0) is 17.9 Å². The van der Waals surface area contributed by atoms with E-state index in [1.165, 1.54) is 5.56 Å². The third-order valence-corrected chi connectivity index (χ3v) is 3.49. The van der Waals surface area contributed by atoms with Crippen LogP contribution in [0.1, 0.15) is 17.5 Å². The molecule has 132 valence electrons. The molecule has 2 aromatic rings. The largest absolute Gasteiger partial charge is 0.326 e. The zero-order valence-corrected chi connectivity index (χ0v) is 15.4. The lowest BCUT2D eigenvalue weighted by atomic mass is 10.2. The first-order chi connectivity index (χ1) is 10.7. The van der Waals surface area contributed by atoms with E-state index in [1.54, 1.807) is 0 Å². The van der Waals surface area contributed by atoms with Crippen molar-refractivity contribution in [3.63, 3.8) is 0 Å². The van der Waals surface area contributed by atoms with Gasteiger partial charge in [0.2, 0.25) is 5.91 Å². The zero-order chi connectivity index (χ0) is 15.8. The van der Waals surface area contributed by atoms with Gasteiger partial charge in [0, 0.05) is 31.7 Å². The summed E-state index contributed by atoms with van der Waals surface area (Å²) in [5.74, 6) is 0.0282. The topological polar surface area (TPSA) is 58.4 Å². The zero-order valence-electron chi connectivity index (χ0n) is 13.8. The number of rotatable bonds is 7. The van der Waals surface area contributed by atoms with E-state index < -0.39 is 0 Å². The highest BCUT2D eigenvalue weighted by molar-refractivity contribution is 5.90. The molecule has 0 saturated carbocycles. The summed E-state index contributed by atoms with van der Waals surface area (Å²) >= 11 is 0. The number of nitrogens with one attached hydrogen (secondary N) is 1. The smallest absolute Gasteiger partial charge is 0.225 e. The van der Waals surface area contributed by atoms with E-state index in [1.807, 2.05) is 49.5 Å². The molecule has 2 aromatic carbocycles. The average Bonchev–Trinajstić information content (AvgIpc) is 2.55. The van der Waals surface area contributed by atoms with E-state index in [-0.39, 0.29) is 30.7 Å². The van der Waals surface area contributed by atoms with Crippen LogP contribution in [0.25, 0.3) is 0 Å². The van der Waals surface area contributed by atoms with Gasteiger partial charge in [-0.05, 0) is 30.3 Å². The minimum atomic E-state index is 0. The van der Waals surface area contributed by atoms with Crippen molar-refractivity contribution in [3.8, 4) is 0 Å². The van der Waals surface area contributed by atoms with Crippen molar-refractivity contribution < 1.29 is 4.79 Å². The van der Waals surface area contributed by atoms with E-state index >= 15 is 0 Å². The summed E-state index contributed by atoms with van der Waals surface area (Å²) in [6, 6.07) is 17.9. The maximum Gasteiger partial charge on any atom is 0.225 e. The fourth-order valence-corrected chi connectivity index (χ4v) is 2.21. The molecule has 0 heterocycles.